The largest absolute Gasteiger partial charge is 1.00 e. The predicted octanol–water partition coefficient (Wildman–Crippen LogP) is -3.46. The maximum absolute atomic E-state index is 9.74. The van der Waals surface area contributed by atoms with Crippen molar-refractivity contribution in [3.8, 4) is 0 Å². The Kier molecular flexibility index (Phi) is 3.19. The van der Waals surface area contributed by atoms with Gasteiger partial charge < -0.3 is 9.90 Å². The van der Waals surface area contributed by atoms with Crippen LogP contribution in [0.5, 0.6) is 0 Å². The first-order chi connectivity index (χ1) is 3.29. The van der Waals surface area contributed by atoms with Crippen molar-refractivity contribution in [3.05, 3.63) is 0 Å². The second-order valence-corrected chi connectivity index (χ2v) is 2.02. The molecule has 8 heavy (non-hydrogen) atoms. The maximum Gasteiger partial charge on any atom is 1.00 e. The standard InChI is InChI=1S/C5H8O2.Li/c6-5(7)3-4-1-2-4;/h4H,1-3H2,(H,6,7);/q;+1/p-1. The van der Waals surface area contributed by atoms with E-state index in [9.17, 15) is 9.90 Å². The second kappa shape index (κ2) is 3.16. The zero-order valence-corrected chi connectivity index (χ0v) is 5.02. The van der Waals surface area contributed by atoms with Crippen LogP contribution in [0.4, 0.5) is 0 Å². The summed E-state index contributed by atoms with van der Waals surface area (Å²) >= 11 is 0. The van der Waals surface area contributed by atoms with E-state index in [1.54, 1.807) is 0 Å². The van der Waals surface area contributed by atoms with Gasteiger partial charge in [-0.05, 0) is 25.2 Å². The zero-order chi connectivity index (χ0) is 5.28. The molecule has 0 aliphatic heterocycles. The molecule has 0 unspecified atom stereocenters. The van der Waals surface area contributed by atoms with E-state index >= 15 is 0 Å². The monoisotopic (exact) mass is 106 g/mol. The molecule has 3 heteroatoms. The third-order valence-electron chi connectivity index (χ3n) is 1.15. The molecule has 0 N–H and O–H groups in total. The van der Waals surface area contributed by atoms with E-state index in [1.165, 1.54) is 0 Å². The third-order valence-corrected chi connectivity index (χ3v) is 1.15. The van der Waals surface area contributed by atoms with Crippen LogP contribution < -0.4 is 24.0 Å². The molecule has 40 valence electrons. The zero-order valence-electron chi connectivity index (χ0n) is 5.02. The van der Waals surface area contributed by atoms with E-state index in [2.05, 4.69) is 0 Å². The van der Waals surface area contributed by atoms with E-state index in [0.717, 1.165) is 12.8 Å². The number of hydrogen-bond donors (Lipinski definition) is 0. The van der Waals surface area contributed by atoms with Crippen molar-refractivity contribution >= 4 is 5.97 Å². The molecule has 1 saturated carbocycles. The van der Waals surface area contributed by atoms with Crippen LogP contribution in [0.2, 0.25) is 0 Å². The Morgan fingerprint density at radius 1 is 1.62 bits per heavy atom. The average molecular weight is 106 g/mol. The molecule has 1 fully saturated rings. The molecule has 0 aromatic carbocycles. The van der Waals surface area contributed by atoms with Crippen LogP contribution in [0.3, 0.4) is 0 Å². The molecule has 1 aliphatic rings. The molecule has 2 nitrogen and oxygen atoms in total. The van der Waals surface area contributed by atoms with Crippen molar-refractivity contribution in [2.45, 2.75) is 19.3 Å². The summed E-state index contributed by atoms with van der Waals surface area (Å²) in [7, 11) is 0. The molecule has 0 aromatic heterocycles. The Labute approximate surface area is 60.4 Å². The molecular weight excluding hydrogens is 99.0 g/mol. The Bertz CT molecular complexity index is 88.4. The quantitative estimate of drug-likeness (QED) is 0.343. The first-order valence-electron chi connectivity index (χ1n) is 2.49. The van der Waals surface area contributed by atoms with Crippen molar-refractivity contribution in [1.29, 1.82) is 0 Å². The van der Waals surface area contributed by atoms with Crippen molar-refractivity contribution in [2.24, 2.45) is 5.92 Å². The van der Waals surface area contributed by atoms with Crippen LogP contribution in [0.15, 0.2) is 0 Å². The number of aliphatic carboxylic acids is 1. The number of hydrogen-bond acceptors (Lipinski definition) is 2. The molecule has 0 saturated heterocycles. The van der Waals surface area contributed by atoms with Gasteiger partial charge in [0.1, 0.15) is 0 Å². The van der Waals surface area contributed by atoms with Crippen LogP contribution in [-0.2, 0) is 4.79 Å². The summed E-state index contributed by atoms with van der Waals surface area (Å²) in [6.07, 6.45) is 2.46. The van der Waals surface area contributed by atoms with Crippen molar-refractivity contribution in [1.82, 2.24) is 0 Å². The van der Waals surface area contributed by atoms with Gasteiger partial charge in [-0.1, -0.05) is 0 Å². The van der Waals surface area contributed by atoms with Gasteiger partial charge in [0.2, 0.25) is 0 Å². The van der Waals surface area contributed by atoms with Gasteiger partial charge in [-0.25, -0.2) is 0 Å². The van der Waals surface area contributed by atoms with Crippen molar-refractivity contribution in [2.75, 3.05) is 0 Å². The van der Waals surface area contributed by atoms with E-state index < -0.39 is 5.97 Å². The molecule has 0 bridgehead atoms. The molecule has 0 atom stereocenters. The average Bonchev–Trinajstić information content (AvgIpc) is 2.17. The Balaban J connectivity index is 0.000000490. The summed E-state index contributed by atoms with van der Waals surface area (Å²) in [6, 6.07) is 0. The van der Waals surface area contributed by atoms with Gasteiger partial charge in [-0.15, -0.1) is 0 Å². The van der Waals surface area contributed by atoms with Gasteiger partial charge in [-0.3, -0.25) is 0 Å². The number of carbonyl (C=O) groups is 1. The smallest absolute Gasteiger partial charge is 0.550 e. The summed E-state index contributed by atoms with van der Waals surface area (Å²) in [6.45, 7) is 0. The number of carboxylic acid groups (broad SMARTS) is 1. The van der Waals surface area contributed by atoms with Gasteiger partial charge in [0.15, 0.2) is 0 Å². The number of carbonyl (C=O) groups excluding carboxylic acids is 1. The van der Waals surface area contributed by atoms with E-state index in [4.69, 9.17) is 0 Å². The topological polar surface area (TPSA) is 40.1 Å². The van der Waals surface area contributed by atoms with E-state index in [0.29, 0.717) is 5.92 Å². The van der Waals surface area contributed by atoms with Gasteiger partial charge >= 0.3 is 18.9 Å². The van der Waals surface area contributed by atoms with E-state index in [1.807, 2.05) is 0 Å². The third kappa shape index (κ3) is 3.12. The molecule has 1 rings (SSSR count). The van der Waals surface area contributed by atoms with Crippen molar-refractivity contribution < 1.29 is 28.8 Å². The molecule has 0 radical (unpaired) electrons. The normalized spacial score (nSPS) is 17.0. The molecular formula is C5H7LiO2. The van der Waals surface area contributed by atoms with E-state index in [-0.39, 0.29) is 25.3 Å². The molecule has 0 spiro atoms. The summed E-state index contributed by atoms with van der Waals surface area (Å²) < 4.78 is 0. The fourth-order valence-electron chi connectivity index (χ4n) is 0.558. The van der Waals surface area contributed by atoms with Gasteiger partial charge in [0.25, 0.3) is 0 Å². The minimum Gasteiger partial charge on any atom is -0.550 e. The summed E-state index contributed by atoms with van der Waals surface area (Å²) in [4.78, 5) is 9.74. The minimum atomic E-state index is -0.900. The maximum atomic E-state index is 9.74. The van der Waals surface area contributed by atoms with Crippen molar-refractivity contribution in [3.63, 3.8) is 0 Å². The summed E-state index contributed by atoms with van der Waals surface area (Å²) in [5.41, 5.74) is 0. The SMILES string of the molecule is O=C([O-])CC1CC1.[Li+]. The molecule has 0 aromatic rings. The Morgan fingerprint density at radius 3 is 2.25 bits per heavy atom. The Morgan fingerprint density at radius 2 is 2.12 bits per heavy atom. The molecule has 0 amide bonds. The fraction of sp³-hybridized carbons (Fsp3) is 0.800. The van der Waals surface area contributed by atoms with Gasteiger partial charge in [-0.2, -0.15) is 0 Å². The first-order valence-corrected chi connectivity index (χ1v) is 2.49. The minimum absolute atomic E-state index is 0. The van der Waals surface area contributed by atoms with Crippen LogP contribution in [0.25, 0.3) is 0 Å². The van der Waals surface area contributed by atoms with Gasteiger partial charge in [0, 0.05) is 5.97 Å². The van der Waals surface area contributed by atoms with Crippen LogP contribution in [0, 0.1) is 5.92 Å². The number of carboxylic acids is 1. The van der Waals surface area contributed by atoms with Crippen LogP contribution in [-0.4, -0.2) is 5.97 Å². The van der Waals surface area contributed by atoms with Gasteiger partial charge in [0.05, 0.1) is 0 Å². The second-order valence-electron chi connectivity index (χ2n) is 2.02. The summed E-state index contributed by atoms with van der Waals surface area (Å²) in [5, 5.41) is 9.74. The molecule has 0 heterocycles. The fourth-order valence-corrected chi connectivity index (χ4v) is 0.558. The first kappa shape index (κ1) is 8.07. The summed E-state index contributed by atoms with van der Waals surface area (Å²) in [5.74, 6) is -0.438. The van der Waals surface area contributed by atoms with Crippen LogP contribution in [0.1, 0.15) is 19.3 Å². The van der Waals surface area contributed by atoms with Crippen LogP contribution >= 0.6 is 0 Å². The number of rotatable bonds is 2. The Hall–Kier alpha value is 0.0674. The predicted molar refractivity (Wildman–Crippen MR) is 22.3 cm³/mol. The molecule has 1 aliphatic carbocycles.